The van der Waals surface area contributed by atoms with E-state index in [1.165, 1.54) is 11.3 Å². The van der Waals surface area contributed by atoms with Crippen LogP contribution in [0.1, 0.15) is 28.1 Å². The number of nitrogens with one attached hydrogen (secondary N) is 1. The molecule has 0 aliphatic carbocycles. The minimum absolute atomic E-state index is 0.226. The third-order valence-electron chi connectivity index (χ3n) is 1.96. The van der Waals surface area contributed by atoms with Gasteiger partial charge in [0.1, 0.15) is 0 Å². The van der Waals surface area contributed by atoms with Gasteiger partial charge in [-0.05, 0) is 25.5 Å². The summed E-state index contributed by atoms with van der Waals surface area (Å²) in [7, 11) is 0. The molecule has 3 N–H and O–H groups in total. The van der Waals surface area contributed by atoms with Crippen LogP contribution in [0.3, 0.4) is 0 Å². The average Bonchev–Trinajstić information content (AvgIpc) is 2.66. The Hall–Kier alpha value is -0.910. The van der Waals surface area contributed by atoms with Crippen LogP contribution in [0, 0.1) is 0 Å². The van der Waals surface area contributed by atoms with E-state index in [-0.39, 0.29) is 6.61 Å². The van der Waals surface area contributed by atoms with Gasteiger partial charge in [-0.25, -0.2) is 4.79 Å². The first kappa shape index (κ1) is 12.2. The van der Waals surface area contributed by atoms with Gasteiger partial charge in [-0.2, -0.15) is 0 Å². The number of carbonyl (C=O) groups is 1. The van der Waals surface area contributed by atoms with E-state index in [1.807, 2.05) is 0 Å². The van der Waals surface area contributed by atoms with Crippen LogP contribution in [0.5, 0.6) is 0 Å². The fraction of sp³-hybridized carbons (Fsp3) is 0.500. The Labute approximate surface area is 92.6 Å². The van der Waals surface area contributed by atoms with Crippen LogP contribution in [0.25, 0.3) is 0 Å². The number of hydrogen-bond donors (Lipinski definition) is 3. The number of unbranched alkanes of at least 4 members (excludes halogenated alkanes) is 1. The van der Waals surface area contributed by atoms with Gasteiger partial charge < -0.3 is 15.5 Å². The Kier molecular flexibility index (Phi) is 5.31. The van der Waals surface area contributed by atoms with Gasteiger partial charge in [0.05, 0.1) is 5.56 Å². The lowest BCUT2D eigenvalue weighted by molar-refractivity contribution is 0.0697. The van der Waals surface area contributed by atoms with Crippen LogP contribution in [-0.2, 0) is 6.54 Å². The van der Waals surface area contributed by atoms with Crippen molar-refractivity contribution in [3.8, 4) is 0 Å². The van der Waals surface area contributed by atoms with Gasteiger partial charge in [0.15, 0.2) is 0 Å². The van der Waals surface area contributed by atoms with E-state index in [0.717, 1.165) is 24.3 Å². The molecular weight excluding hydrogens is 214 g/mol. The largest absolute Gasteiger partial charge is 0.478 e. The molecule has 84 valence electrons. The predicted molar refractivity (Wildman–Crippen MR) is 59.3 cm³/mol. The first-order valence-electron chi connectivity index (χ1n) is 4.86. The zero-order chi connectivity index (χ0) is 11.1. The Bertz CT molecular complexity index is 311. The summed E-state index contributed by atoms with van der Waals surface area (Å²) in [6, 6.07) is 1.69. The number of rotatable bonds is 7. The molecule has 0 fully saturated rings. The topological polar surface area (TPSA) is 69.6 Å². The monoisotopic (exact) mass is 229 g/mol. The maximum absolute atomic E-state index is 10.6. The van der Waals surface area contributed by atoms with Gasteiger partial charge >= 0.3 is 5.97 Å². The summed E-state index contributed by atoms with van der Waals surface area (Å²) in [5, 5.41) is 22.1. The number of aliphatic hydroxyl groups is 1. The summed E-state index contributed by atoms with van der Waals surface area (Å²) in [5.41, 5.74) is 0.354. The molecular formula is C10H15NO3S. The number of thiophene rings is 1. The number of hydrogen-bond acceptors (Lipinski definition) is 4. The Morgan fingerprint density at radius 1 is 1.47 bits per heavy atom. The fourth-order valence-electron chi connectivity index (χ4n) is 1.16. The molecule has 0 aliphatic rings. The van der Waals surface area contributed by atoms with Crippen LogP contribution in [0.2, 0.25) is 0 Å². The maximum atomic E-state index is 10.6. The van der Waals surface area contributed by atoms with Crippen molar-refractivity contribution in [1.82, 2.24) is 5.32 Å². The highest BCUT2D eigenvalue weighted by atomic mass is 32.1. The van der Waals surface area contributed by atoms with E-state index in [0.29, 0.717) is 12.1 Å². The minimum Gasteiger partial charge on any atom is -0.478 e. The van der Waals surface area contributed by atoms with Crippen molar-refractivity contribution in [1.29, 1.82) is 0 Å². The normalized spacial score (nSPS) is 10.5. The average molecular weight is 229 g/mol. The highest BCUT2D eigenvalue weighted by molar-refractivity contribution is 7.10. The van der Waals surface area contributed by atoms with E-state index in [4.69, 9.17) is 10.2 Å². The second kappa shape index (κ2) is 6.55. The molecule has 1 rings (SSSR count). The second-order valence-electron chi connectivity index (χ2n) is 3.21. The maximum Gasteiger partial charge on any atom is 0.336 e. The van der Waals surface area contributed by atoms with Gasteiger partial charge in [0, 0.05) is 23.4 Å². The van der Waals surface area contributed by atoms with Gasteiger partial charge in [-0.3, -0.25) is 0 Å². The van der Waals surface area contributed by atoms with Gasteiger partial charge in [-0.1, -0.05) is 0 Å². The Morgan fingerprint density at radius 3 is 2.87 bits per heavy atom. The number of aliphatic hydroxyl groups excluding tert-OH is 1. The van der Waals surface area contributed by atoms with Crippen molar-refractivity contribution in [2.45, 2.75) is 19.4 Å². The zero-order valence-electron chi connectivity index (χ0n) is 8.40. The third-order valence-corrected chi connectivity index (χ3v) is 2.90. The lowest BCUT2D eigenvalue weighted by atomic mass is 10.3. The highest BCUT2D eigenvalue weighted by Crippen LogP contribution is 2.14. The number of carboxylic acids is 1. The first-order valence-corrected chi connectivity index (χ1v) is 5.74. The number of aromatic carboxylic acids is 1. The molecule has 1 aromatic rings. The first-order chi connectivity index (χ1) is 7.24. The number of carboxylic acid groups (broad SMARTS) is 1. The summed E-state index contributed by atoms with van der Waals surface area (Å²) < 4.78 is 0. The summed E-state index contributed by atoms with van der Waals surface area (Å²) in [6.07, 6.45) is 1.74. The molecule has 0 saturated carbocycles. The van der Waals surface area contributed by atoms with E-state index in [9.17, 15) is 4.79 Å². The molecule has 0 radical (unpaired) electrons. The molecule has 15 heavy (non-hydrogen) atoms. The molecule has 0 saturated heterocycles. The van der Waals surface area contributed by atoms with Crippen LogP contribution in [0.4, 0.5) is 0 Å². The summed E-state index contributed by atoms with van der Waals surface area (Å²) >= 11 is 1.45. The second-order valence-corrected chi connectivity index (χ2v) is 4.21. The summed E-state index contributed by atoms with van der Waals surface area (Å²) in [4.78, 5) is 11.6. The smallest absolute Gasteiger partial charge is 0.336 e. The standard InChI is InChI=1S/C10H15NO3S/c12-4-2-1-3-11-6-9-5-8(7-15-9)10(13)14/h5,7,11-12H,1-4,6H2,(H,13,14). The van der Waals surface area contributed by atoms with Gasteiger partial charge in [0.25, 0.3) is 0 Å². The molecule has 0 aromatic carbocycles. The van der Waals surface area contributed by atoms with E-state index >= 15 is 0 Å². The Morgan fingerprint density at radius 2 is 2.27 bits per heavy atom. The summed E-state index contributed by atoms with van der Waals surface area (Å²) in [5.74, 6) is -0.877. The SMILES string of the molecule is O=C(O)c1csc(CNCCCCO)c1. The van der Waals surface area contributed by atoms with Crippen LogP contribution in [0.15, 0.2) is 11.4 Å². The fourth-order valence-corrected chi connectivity index (χ4v) is 1.99. The zero-order valence-corrected chi connectivity index (χ0v) is 9.22. The molecule has 1 aromatic heterocycles. The third kappa shape index (κ3) is 4.42. The molecule has 0 aliphatic heterocycles. The van der Waals surface area contributed by atoms with Crippen molar-refractivity contribution in [3.05, 3.63) is 21.9 Å². The quantitative estimate of drug-likeness (QED) is 0.617. The predicted octanol–water partition coefficient (Wildman–Crippen LogP) is 1.31. The van der Waals surface area contributed by atoms with E-state index < -0.39 is 5.97 Å². The Balaban J connectivity index is 2.23. The van der Waals surface area contributed by atoms with Gasteiger partial charge in [-0.15, -0.1) is 11.3 Å². The highest BCUT2D eigenvalue weighted by Gasteiger charge is 2.05. The van der Waals surface area contributed by atoms with E-state index in [1.54, 1.807) is 11.4 Å². The van der Waals surface area contributed by atoms with E-state index in [2.05, 4.69) is 5.32 Å². The van der Waals surface area contributed by atoms with Crippen molar-refractivity contribution in [2.75, 3.05) is 13.2 Å². The molecule has 1 heterocycles. The van der Waals surface area contributed by atoms with Crippen LogP contribution in [-0.4, -0.2) is 29.3 Å². The molecule has 0 unspecified atom stereocenters. The van der Waals surface area contributed by atoms with Crippen molar-refractivity contribution in [2.24, 2.45) is 0 Å². The molecule has 4 nitrogen and oxygen atoms in total. The van der Waals surface area contributed by atoms with Crippen molar-refractivity contribution >= 4 is 17.3 Å². The lowest BCUT2D eigenvalue weighted by Crippen LogP contribution is -2.14. The molecule has 0 amide bonds. The van der Waals surface area contributed by atoms with Crippen molar-refractivity contribution in [3.63, 3.8) is 0 Å². The molecule has 0 atom stereocenters. The lowest BCUT2D eigenvalue weighted by Gasteiger charge is -2.00. The van der Waals surface area contributed by atoms with Crippen molar-refractivity contribution < 1.29 is 15.0 Å². The molecule has 0 spiro atoms. The van der Waals surface area contributed by atoms with Crippen LogP contribution >= 0.6 is 11.3 Å². The summed E-state index contributed by atoms with van der Waals surface area (Å²) in [6.45, 7) is 1.77. The molecule has 0 bridgehead atoms. The van der Waals surface area contributed by atoms with Crippen LogP contribution < -0.4 is 5.32 Å². The molecule has 5 heteroatoms. The van der Waals surface area contributed by atoms with Gasteiger partial charge in [0.2, 0.25) is 0 Å². The minimum atomic E-state index is -0.877.